The van der Waals surface area contributed by atoms with E-state index >= 15 is 0 Å². The fraction of sp³-hybridized carbons (Fsp3) is 0.273. The van der Waals surface area contributed by atoms with Crippen LogP contribution in [0.25, 0.3) is 0 Å². The van der Waals surface area contributed by atoms with Gasteiger partial charge in [-0.2, -0.15) is 0 Å². The maximum absolute atomic E-state index is 11.4. The molecular formula is C11H10ClNO3. The molecule has 0 aromatic heterocycles. The molecule has 1 saturated heterocycles. The molecule has 1 heterocycles. The summed E-state index contributed by atoms with van der Waals surface area (Å²) in [6.07, 6.45) is -0.158. The van der Waals surface area contributed by atoms with Crippen LogP contribution < -0.4 is 5.32 Å². The van der Waals surface area contributed by atoms with E-state index in [-0.39, 0.29) is 12.5 Å². The predicted octanol–water partition coefficient (Wildman–Crippen LogP) is 0.924. The molecule has 2 rings (SSSR count). The van der Waals surface area contributed by atoms with Gasteiger partial charge in [0, 0.05) is 11.4 Å². The van der Waals surface area contributed by atoms with Gasteiger partial charge in [0.15, 0.2) is 0 Å². The maximum atomic E-state index is 11.4. The Hall–Kier alpha value is -1.39. The molecule has 16 heavy (non-hydrogen) atoms. The summed E-state index contributed by atoms with van der Waals surface area (Å²) < 4.78 is 5.14. The Morgan fingerprint density at radius 1 is 1.31 bits per heavy atom. The molecule has 1 fully saturated rings. The van der Waals surface area contributed by atoms with E-state index in [1.165, 1.54) is 0 Å². The summed E-state index contributed by atoms with van der Waals surface area (Å²) in [5.74, 6) is -0.774. The number of benzene rings is 1. The molecule has 0 bridgehead atoms. The number of ether oxygens (including phenoxy) is 1. The van der Waals surface area contributed by atoms with Gasteiger partial charge in [-0.15, -0.1) is 0 Å². The van der Waals surface area contributed by atoms with Crippen molar-refractivity contribution in [2.45, 2.75) is 12.5 Å². The van der Waals surface area contributed by atoms with E-state index in [1.807, 2.05) is 12.1 Å². The van der Waals surface area contributed by atoms with Crippen LogP contribution in [0.1, 0.15) is 5.56 Å². The summed E-state index contributed by atoms with van der Waals surface area (Å²) in [5, 5.41) is 2.88. The highest BCUT2D eigenvalue weighted by Gasteiger charge is 2.27. The van der Waals surface area contributed by atoms with Crippen LogP contribution >= 0.6 is 11.6 Å². The predicted molar refractivity (Wildman–Crippen MR) is 58.0 cm³/mol. The van der Waals surface area contributed by atoms with Gasteiger partial charge >= 0.3 is 0 Å². The molecule has 1 unspecified atom stereocenters. The van der Waals surface area contributed by atoms with Crippen LogP contribution in [0.3, 0.4) is 0 Å². The Labute approximate surface area is 97.5 Å². The number of imide groups is 1. The SMILES string of the molecule is O=C1COC(Cc2ccc(Cl)cc2)C(=O)N1. The molecular weight excluding hydrogens is 230 g/mol. The number of halogens is 1. The smallest absolute Gasteiger partial charge is 0.256 e. The highest BCUT2D eigenvalue weighted by Crippen LogP contribution is 2.13. The van der Waals surface area contributed by atoms with E-state index in [9.17, 15) is 9.59 Å². The zero-order valence-corrected chi connectivity index (χ0v) is 9.16. The fourth-order valence-corrected chi connectivity index (χ4v) is 1.62. The monoisotopic (exact) mass is 239 g/mol. The van der Waals surface area contributed by atoms with Crippen LogP contribution in [0, 0.1) is 0 Å². The molecule has 1 aliphatic rings. The lowest BCUT2D eigenvalue weighted by Gasteiger charge is -2.21. The zero-order chi connectivity index (χ0) is 11.5. The standard InChI is InChI=1S/C11H10ClNO3/c12-8-3-1-7(2-4-8)5-9-11(15)13-10(14)6-16-9/h1-4,9H,5-6H2,(H,13,14,15). The molecule has 5 heteroatoms. The first kappa shape index (κ1) is 11.1. The molecule has 0 aliphatic carbocycles. The Bertz CT molecular complexity index is 416. The average molecular weight is 240 g/mol. The van der Waals surface area contributed by atoms with Crippen molar-refractivity contribution >= 4 is 23.4 Å². The minimum Gasteiger partial charge on any atom is -0.358 e. The van der Waals surface area contributed by atoms with Crippen LogP contribution in [-0.2, 0) is 20.7 Å². The maximum Gasteiger partial charge on any atom is 0.256 e. The van der Waals surface area contributed by atoms with E-state index in [2.05, 4.69) is 5.32 Å². The van der Waals surface area contributed by atoms with Gasteiger partial charge in [-0.25, -0.2) is 0 Å². The van der Waals surface area contributed by atoms with Gasteiger partial charge in [0.1, 0.15) is 12.7 Å². The molecule has 1 N–H and O–H groups in total. The van der Waals surface area contributed by atoms with Crippen LogP contribution in [-0.4, -0.2) is 24.5 Å². The van der Waals surface area contributed by atoms with Crippen molar-refractivity contribution < 1.29 is 14.3 Å². The lowest BCUT2D eigenvalue weighted by atomic mass is 10.1. The van der Waals surface area contributed by atoms with E-state index in [1.54, 1.807) is 12.1 Å². The minimum absolute atomic E-state index is 0.0655. The van der Waals surface area contributed by atoms with Crippen molar-refractivity contribution in [3.63, 3.8) is 0 Å². The summed E-state index contributed by atoms with van der Waals surface area (Å²) in [4.78, 5) is 22.2. The first-order chi connectivity index (χ1) is 7.65. The molecule has 84 valence electrons. The van der Waals surface area contributed by atoms with Crippen LogP contribution in [0.4, 0.5) is 0 Å². The topological polar surface area (TPSA) is 55.4 Å². The minimum atomic E-state index is -0.598. The van der Waals surface area contributed by atoms with Crippen LogP contribution in [0.5, 0.6) is 0 Å². The van der Waals surface area contributed by atoms with Gasteiger partial charge in [-0.1, -0.05) is 23.7 Å². The van der Waals surface area contributed by atoms with E-state index in [4.69, 9.17) is 16.3 Å². The van der Waals surface area contributed by atoms with Crippen molar-refractivity contribution in [3.05, 3.63) is 34.9 Å². The van der Waals surface area contributed by atoms with E-state index < -0.39 is 12.0 Å². The first-order valence-corrected chi connectivity index (χ1v) is 5.22. The van der Waals surface area contributed by atoms with Crippen molar-refractivity contribution in [1.29, 1.82) is 0 Å². The Morgan fingerprint density at radius 2 is 2.00 bits per heavy atom. The van der Waals surface area contributed by atoms with Gasteiger partial charge < -0.3 is 4.74 Å². The van der Waals surface area contributed by atoms with E-state index in [0.29, 0.717) is 11.4 Å². The second-order valence-corrected chi connectivity index (χ2v) is 3.98. The number of hydrogen-bond donors (Lipinski definition) is 1. The number of morpholine rings is 1. The number of carbonyl (C=O) groups is 2. The second-order valence-electron chi connectivity index (χ2n) is 3.54. The first-order valence-electron chi connectivity index (χ1n) is 4.85. The Morgan fingerprint density at radius 3 is 2.62 bits per heavy atom. The Balaban J connectivity index is 2.02. The van der Waals surface area contributed by atoms with Gasteiger partial charge in [0.25, 0.3) is 11.8 Å². The molecule has 1 aromatic rings. The third-order valence-corrected chi connectivity index (χ3v) is 2.56. The third-order valence-electron chi connectivity index (χ3n) is 2.31. The second kappa shape index (κ2) is 4.63. The quantitative estimate of drug-likeness (QED) is 0.781. The van der Waals surface area contributed by atoms with Crippen LogP contribution in [0.2, 0.25) is 5.02 Å². The molecule has 0 radical (unpaired) electrons. The van der Waals surface area contributed by atoms with Crippen molar-refractivity contribution in [2.75, 3.05) is 6.61 Å². The highest BCUT2D eigenvalue weighted by atomic mass is 35.5. The summed E-state index contributed by atoms with van der Waals surface area (Å²) in [7, 11) is 0. The summed E-state index contributed by atoms with van der Waals surface area (Å²) in [5.41, 5.74) is 0.943. The number of carbonyl (C=O) groups excluding carboxylic acids is 2. The van der Waals surface area contributed by atoms with Gasteiger partial charge in [0.05, 0.1) is 0 Å². The van der Waals surface area contributed by atoms with Crippen LogP contribution in [0.15, 0.2) is 24.3 Å². The summed E-state index contributed by atoms with van der Waals surface area (Å²) in [6, 6.07) is 7.16. The largest absolute Gasteiger partial charge is 0.358 e. The number of hydrogen-bond acceptors (Lipinski definition) is 3. The summed E-state index contributed by atoms with van der Waals surface area (Å²) in [6.45, 7) is -0.0655. The summed E-state index contributed by atoms with van der Waals surface area (Å²) >= 11 is 5.75. The number of rotatable bonds is 2. The zero-order valence-electron chi connectivity index (χ0n) is 8.40. The van der Waals surface area contributed by atoms with Gasteiger partial charge in [-0.3, -0.25) is 14.9 Å². The lowest BCUT2D eigenvalue weighted by Crippen LogP contribution is -2.48. The molecule has 0 saturated carbocycles. The molecule has 4 nitrogen and oxygen atoms in total. The molecule has 1 aliphatic heterocycles. The van der Waals surface area contributed by atoms with E-state index in [0.717, 1.165) is 5.56 Å². The molecule has 1 aromatic carbocycles. The number of amides is 2. The van der Waals surface area contributed by atoms with Gasteiger partial charge in [-0.05, 0) is 17.7 Å². The highest BCUT2D eigenvalue weighted by molar-refractivity contribution is 6.30. The number of nitrogens with one attached hydrogen (secondary N) is 1. The third kappa shape index (κ3) is 2.59. The lowest BCUT2D eigenvalue weighted by molar-refractivity contribution is -0.149. The molecule has 2 amide bonds. The van der Waals surface area contributed by atoms with Crippen molar-refractivity contribution in [2.24, 2.45) is 0 Å². The normalized spacial score (nSPS) is 20.7. The van der Waals surface area contributed by atoms with Gasteiger partial charge in [0.2, 0.25) is 0 Å². The average Bonchev–Trinajstić information content (AvgIpc) is 2.25. The van der Waals surface area contributed by atoms with Crippen molar-refractivity contribution in [1.82, 2.24) is 5.32 Å². The molecule has 0 spiro atoms. The fourth-order valence-electron chi connectivity index (χ4n) is 1.49. The van der Waals surface area contributed by atoms with Crippen molar-refractivity contribution in [3.8, 4) is 0 Å². The Kier molecular flexibility index (Phi) is 3.22. The molecule has 1 atom stereocenters.